The number of methoxy groups -OCH3 is 1. The van der Waals surface area contributed by atoms with E-state index in [1.807, 2.05) is 38.1 Å². The van der Waals surface area contributed by atoms with Crippen molar-refractivity contribution in [1.82, 2.24) is 5.32 Å². The van der Waals surface area contributed by atoms with Crippen LogP contribution in [0.4, 0.5) is 0 Å². The lowest BCUT2D eigenvalue weighted by Gasteiger charge is -2.29. The zero-order valence-electron chi connectivity index (χ0n) is 11.9. The number of aliphatic hydroxyl groups is 1. The van der Waals surface area contributed by atoms with Gasteiger partial charge in [0.15, 0.2) is 0 Å². The Bertz CT molecular complexity index is 420. The molecule has 0 saturated heterocycles. The Balaban J connectivity index is 2.63. The van der Waals surface area contributed by atoms with E-state index in [0.29, 0.717) is 12.8 Å². The van der Waals surface area contributed by atoms with Crippen LogP contribution in [0.1, 0.15) is 32.3 Å². The van der Waals surface area contributed by atoms with E-state index in [2.05, 4.69) is 5.32 Å². The number of rotatable bonds is 7. The van der Waals surface area contributed by atoms with E-state index in [9.17, 15) is 4.79 Å². The predicted octanol–water partition coefficient (Wildman–Crippen LogP) is 1.90. The van der Waals surface area contributed by atoms with E-state index < -0.39 is 0 Å². The van der Waals surface area contributed by atoms with Gasteiger partial charge in [0.2, 0.25) is 5.91 Å². The summed E-state index contributed by atoms with van der Waals surface area (Å²) in [5.74, 6) is 0.713. The van der Waals surface area contributed by atoms with E-state index in [-0.39, 0.29) is 18.1 Å². The highest BCUT2D eigenvalue weighted by atomic mass is 16.5. The molecule has 4 heteroatoms. The number of aliphatic hydroxyl groups excluding tert-OH is 1. The summed E-state index contributed by atoms with van der Waals surface area (Å²) in [6.45, 7) is 4.03. The van der Waals surface area contributed by atoms with Crippen molar-refractivity contribution >= 4 is 5.91 Å². The van der Waals surface area contributed by atoms with Crippen LogP contribution in [-0.4, -0.2) is 30.3 Å². The van der Waals surface area contributed by atoms with Gasteiger partial charge in [-0.3, -0.25) is 4.79 Å². The molecule has 4 nitrogen and oxygen atoms in total. The van der Waals surface area contributed by atoms with Crippen molar-refractivity contribution in [3.8, 4) is 5.75 Å². The smallest absolute Gasteiger partial charge is 0.224 e. The molecule has 0 heterocycles. The molecule has 0 aromatic heterocycles. The number of carbonyl (C=O) groups is 1. The Labute approximate surface area is 114 Å². The molecule has 0 spiro atoms. The summed E-state index contributed by atoms with van der Waals surface area (Å²) in [6.07, 6.45) is 1.67. The minimum absolute atomic E-state index is 0.0361. The molecule has 1 rings (SSSR count). The first-order valence-corrected chi connectivity index (χ1v) is 6.58. The molecule has 1 atom stereocenters. The van der Waals surface area contributed by atoms with Gasteiger partial charge in [0.1, 0.15) is 5.75 Å². The lowest BCUT2D eigenvalue weighted by Crippen LogP contribution is -2.46. The zero-order chi connectivity index (χ0) is 14.3. The Hall–Kier alpha value is -1.55. The summed E-state index contributed by atoms with van der Waals surface area (Å²) in [4.78, 5) is 12.0. The normalized spacial score (nSPS) is 13.7. The van der Waals surface area contributed by atoms with E-state index in [1.54, 1.807) is 7.11 Å². The Morgan fingerprint density at radius 3 is 2.79 bits per heavy atom. The van der Waals surface area contributed by atoms with Crippen molar-refractivity contribution in [2.75, 3.05) is 13.7 Å². The maximum atomic E-state index is 12.0. The Morgan fingerprint density at radius 1 is 1.47 bits per heavy atom. The average Bonchev–Trinajstić information content (AvgIpc) is 2.39. The van der Waals surface area contributed by atoms with E-state index >= 15 is 0 Å². The molecular formula is C15H23NO3. The maximum Gasteiger partial charge on any atom is 0.224 e. The second kappa shape index (κ2) is 7.14. The third-order valence-electron chi connectivity index (χ3n) is 3.38. The fraction of sp³-hybridized carbons (Fsp3) is 0.533. The molecule has 0 radical (unpaired) electrons. The highest BCUT2D eigenvalue weighted by Crippen LogP contribution is 2.16. The summed E-state index contributed by atoms with van der Waals surface area (Å²) in [5, 5.41) is 12.0. The molecule has 19 heavy (non-hydrogen) atoms. The molecule has 0 saturated carbocycles. The van der Waals surface area contributed by atoms with Crippen LogP contribution in [0.5, 0.6) is 5.75 Å². The Kier molecular flexibility index (Phi) is 5.83. The fourth-order valence-electron chi connectivity index (χ4n) is 1.92. The highest BCUT2D eigenvalue weighted by molar-refractivity contribution is 5.79. The van der Waals surface area contributed by atoms with Crippen LogP contribution in [0.3, 0.4) is 0 Å². The number of hydrogen-bond acceptors (Lipinski definition) is 3. The second-order valence-corrected chi connectivity index (χ2v) is 4.96. The molecule has 2 N–H and O–H groups in total. The predicted molar refractivity (Wildman–Crippen MR) is 75.2 cm³/mol. The number of ether oxygens (including phenoxy) is 1. The zero-order valence-corrected chi connectivity index (χ0v) is 11.9. The molecular weight excluding hydrogens is 242 g/mol. The number of amides is 1. The quantitative estimate of drug-likeness (QED) is 0.791. The van der Waals surface area contributed by atoms with Gasteiger partial charge in [-0.25, -0.2) is 0 Å². The van der Waals surface area contributed by atoms with Gasteiger partial charge in [-0.2, -0.15) is 0 Å². The summed E-state index contributed by atoms with van der Waals surface area (Å²) in [6, 6.07) is 7.48. The minimum Gasteiger partial charge on any atom is -0.497 e. The summed E-state index contributed by atoms with van der Waals surface area (Å²) < 4.78 is 5.13. The topological polar surface area (TPSA) is 58.6 Å². The van der Waals surface area contributed by atoms with Gasteiger partial charge in [-0.1, -0.05) is 19.1 Å². The van der Waals surface area contributed by atoms with Gasteiger partial charge in [-0.15, -0.1) is 0 Å². The number of carbonyl (C=O) groups excluding carboxylic acids is 1. The van der Waals surface area contributed by atoms with Crippen LogP contribution < -0.4 is 10.1 Å². The largest absolute Gasteiger partial charge is 0.497 e. The molecule has 0 aliphatic rings. The van der Waals surface area contributed by atoms with E-state index in [1.165, 1.54) is 0 Å². The van der Waals surface area contributed by atoms with Gasteiger partial charge in [0, 0.05) is 12.1 Å². The molecule has 1 aromatic carbocycles. The molecule has 106 valence electrons. The molecule has 0 bridgehead atoms. The number of hydrogen-bond donors (Lipinski definition) is 2. The van der Waals surface area contributed by atoms with Crippen molar-refractivity contribution < 1.29 is 14.6 Å². The van der Waals surface area contributed by atoms with Crippen molar-refractivity contribution in [3.05, 3.63) is 29.8 Å². The van der Waals surface area contributed by atoms with Crippen molar-refractivity contribution in [3.63, 3.8) is 0 Å². The van der Waals surface area contributed by atoms with Gasteiger partial charge in [-0.05, 0) is 37.5 Å². The van der Waals surface area contributed by atoms with Crippen LogP contribution >= 0.6 is 0 Å². The fourth-order valence-corrected chi connectivity index (χ4v) is 1.92. The van der Waals surface area contributed by atoms with Crippen molar-refractivity contribution in [1.29, 1.82) is 0 Å². The summed E-state index contributed by atoms with van der Waals surface area (Å²) in [7, 11) is 1.61. The van der Waals surface area contributed by atoms with Gasteiger partial charge in [0.25, 0.3) is 0 Å². The van der Waals surface area contributed by atoms with Crippen LogP contribution in [-0.2, 0) is 11.2 Å². The lowest BCUT2D eigenvalue weighted by molar-refractivity contribution is -0.122. The van der Waals surface area contributed by atoms with E-state index in [0.717, 1.165) is 17.7 Å². The maximum absolute atomic E-state index is 12.0. The first kappa shape index (κ1) is 15.5. The standard InChI is InChI=1S/C15H23NO3/c1-4-15(2,8-9-17)16-14(18)11-12-6-5-7-13(10-12)19-3/h5-7,10,17H,4,8-9,11H2,1-3H3,(H,16,18). The van der Waals surface area contributed by atoms with Crippen LogP contribution in [0.25, 0.3) is 0 Å². The molecule has 0 aliphatic heterocycles. The van der Waals surface area contributed by atoms with Crippen LogP contribution in [0.2, 0.25) is 0 Å². The van der Waals surface area contributed by atoms with Crippen molar-refractivity contribution in [2.24, 2.45) is 0 Å². The monoisotopic (exact) mass is 265 g/mol. The van der Waals surface area contributed by atoms with Crippen molar-refractivity contribution in [2.45, 2.75) is 38.6 Å². The van der Waals surface area contributed by atoms with Gasteiger partial charge < -0.3 is 15.2 Å². The molecule has 1 aromatic rings. The number of benzene rings is 1. The van der Waals surface area contributed by atoms with Crippen LogP contribution in [0.15, 0.2) is 24.3 Å². The van der Waals surface area contributed by atoms with Crippen LogP contribution in [0, 0.1) is 0 Å². The molecule has 0 aliphatic carbocycles. The second-order valence-electron chi connectivity index (χ2n) is 4.96. The van der Waals surface area contributed by atoms with Gasteiger partial charge in [0.05, 0.1) is 13.5 Å². The first-order chi connectivity index (χ1) is 9.03. The molecule has 1 amide bonds. The average molecular weight is 265 g/mol. The first-order valence-electron chi connectivity index (χ1n) is 6.58. The third-order valence-corrected chi connectivity index (χ3v) is 3.38. The van der Waals surface area contributed by atoms with Gasteiger partial charge >= 0.3 is 0 Å². The van der Waals surface area contributed by atoms with E-state index in [4.69, 9.17) is 9.84 Å². The summed E-state index contributed by atoms with van der Waals surface area (Å²) in [5.41, 5.74) is 0.573. The minimum atomic E-state index is -0.343. The highest BCUT2D eigenvalue weighted by Gasteiger charge is 2.23. The lowest BCUT2D eigenvalue weighted by atomic mass is 9.94. The summed E-state index contributed by atoms with van der Waals surface area (Å²) >= 11 is 0. The third kappa shape index (κ3) is 4.91. The SMILES string of the molecule is CCC(C)(CCO)NC(=O)Cc1cccc(OC)c1. The Morgan fingerprint density at radius 2 is 2.21 bits per heavy atom. The molecule has 1 unspecified atom stereocenters. The number of nitrogens with one attached hydrogen (secondary N) is 1. The molecule has 0 fully saturated rings.